The monoisotopic (exact) mass is 198 g/mol. The molecule has 3 heteroatoms. The van der Waals surface area contributed by atoms with Crippen LogP contribution in [-0.2, 0) is 4.79 Å². The average molecular weight is 198 g/mol. The molecule has 1 amide bonds. The Balaban J connectivity index is 2.62. The first-order valence-corrected chi connectivity index (χ1v) is 5.54. The van der Waals surface area contributed by atoms with E-state index in [2.05, 4.69) is 6.92 Å². The number of hydrogen-bond donors (Lipinski definition) is 1. The largest absolute Gasteiger partial charge is 0.338 e. The molecule has 1 aliphatic rings. The third-order valence-corrected chi connectivity index (χ3v) is 3.08. The zero-order valence-electron chi connectivity index (χ0n) is 9.55. The molecule has 0 spiro atoms. The van der Waals surface area contributed by atoms with Crippen LogP contribution >= 0.6 is 0 Å². The second-order valence-corrected chi connectivity index (χ2v) is 4.76. The highest BCUT2D eigenvalue weighted by molar-refractivity contribution is 5.82. The van der Waals surface area contributed by atoms with E-state index in [1.165, 1.54) is 0 Å². The lowest BCUT2D eigenvalue weighted by molar-refractivity contribution is -0.141. The maximum Gasteiger partial charge on any atom is 0.228 e. The Morgan fingerprint density at radius 3 is 2.43 bits per heavy atom. The highest BCUT2D eigenvalue weighted by Gasteiger charge is 2.38. The molecular weight excluding hydrogens is 176 g/mol. The van der Waals surface area contributed by atoms with Gasteiger partial charge < -0.3 is 10.6 Å². The van der Waals surface area contributed by atoms with Crippen molar-refractivity contribution in [3.63, 3.8) is 0 Å². The summed E-state index contributed by atoms with van der Waals surface area (Å²) in [6, 6.07) is 0.483. The molecule has 3 nitrogen and oxygen atoms in total. The molecule has 2 N–H and O–H groups in total. The number of carbonyl (C=O) groups excluding carboxylic acids is 1. The summed E-state index contributed by atoms with van der Waals surface area (Å²) in [5.74, 6) is 0.271. The maximum absolute atomic E-state index is 12.1. The van der Waals surface area contributed by atoms with Crippen LogP contribution in [0.5, 0.6) is 0 Å². The van der Waals surface area contributed by atoms with Crippen molar-refractivity contribution in [3.8, 4) is 0 Å². The van der Waals surface area contributed by atoms with E-state index in [1.54, 1.807) is 0 Å². The van der Waals surface area contributed by atoms with Gasteiger partial charge in [0.1, 0.15) is 0 Å². The second-order valence-electron chi connectivity index (χ2n) is 4.76. The minimum atomic E-state index is -0.224. The fourth-order valence-corrected chi connectivity index (χ4v) is 1.52. The van der Waals surface area contributed by atoms with Crippen molar-refractivity contribution in [1.82, 2.24) is 4.90 Å². The first-order chi connectivity index (χ1) is 6.53. The quantitative estimate of drug-likeness (QED) is 0.725. The summed E-state index contributed by atoms with van der Waals surface area (Å²) >= 11 is 0. The lowest BCUT2D eigenvalue weighted by atomic mass is 9.88. The van der Waals surface area contributed by atoms with Gasteiger partial charge in [0.2, 0.25) is 5.91 Å². The SMILES string of the molecule is CCC(C)(C)C(=O)N(CCN)C1CC1. The van der Waals surface area contributed by atoms with Crippen LogP contribution in [0.2, 0.25) is 0 Å². The number of hydrogen-bond acceptors (Lipinski definition) is 2. The molecule has 0 unspecified atom stereocenters. The van der Waals surface area contributed by atoms with Crippen LogP contribution in [0.15, 0.2) is 0 Å². The van der Waals surface area contributed by atoms with E-state index in [1.807, 2.05) is 18.7 Å². The standard InChI is InChI=1S/C11H22N2O/c1-4-11(2,3)10(14)13(8-7-12)9-5-6-9/h9H,4-8,12H2,1-3H3. The first-order valence-electron chi connectivity index (χ1n) is 5.54. The van der Waals surface area contributed by atoms with Gasteiger partial charge in [-0.05, 0) is 19.3 Å². The minimum absolute atomic E-state index is 0.224. The predicted molar refractivity (Wildman–Crippen MR) is 57.9 cm³/mol. The predicted octanol–water partition coefficient (Wildman–Crippen LogP) is 1.37. The molecule has 0 saturated heterocycles. The van der Waals surface area contributed by atoms with Gasteiger partial charge in [0.05, 0.1) is 0 Å². The molecule has 0 aromatic rings. The third kappa shape index (κ3) is 2.47. The minimum Gasteiger partial charge on any atom is -0.338 e. The molecule has 0 bridgehead atoms. The Bertz CT molecular complexity index is 209. The van der Waals surface area contributed by atoms with Gasteiger partial charge in [-0.25, -0.2) is 0 Å². The number of nitrogens with two attached hydrogens (primary N) is 1. The molecule has 0 radical (unpaired) electrons. The smallest absolute Gasteiger partial charge is 0.228 e. The van der Waals surface area contributed by atoms with Gasteiger partial charge in [0.15, 0.2) is 0 Å². The van der Waals surface area contributed by atoms with Crippen LogP contribution < -0.4 is 5.73 Å². The number of carbonyl (C=O) groups is 1. The van der Waals surface area contributed by atoms with E-state index in [4.69, 9.17) is 5.73 Å². The van der Waals surface area contributed by atoms with E-state index in [0.29, 0.717) is 19.1 Å². The topological polar surface area (TPSA) is 46.3 Å². The molecule has 0 heterocycles. The van der Waals surface area contributed by atoms with E-state index < -0.39 is 0 Å². The number of rotatable bonds is 5. The van der Waals surface area contributed by atoms with E-state index in [-0.39, 0.29) is 11.3 Å². The van der Waals surface area contributed by atoms with Gasteiger partial charge in [-0.3, -0.25) is 4.79 Å². The fourth-order valence-electron chi connectivity index (χ4n) is 1.52. The third-order valence-electron chi connectivity index (χ3n) is 3.08. The maximum atomic E-state index is 12.1. The van der Waals surface area contributed by atoms with Gasteiger partial charge in [0, 0.05) is 24.5 Å². The van der Waals surface area contributed by atoms with Crippen LogP contribution in [0.25, 0.3) is 0 Å². The molecule has 82 valence electrons. The van der Waals surface area contributed by atoms with E-state index in [9.17, 15) is 4.79 Å². The molecule has 1 rings (SSSR count). The van der Waals surface area contributed by atoms with Crippen molar-refractivity contribution in [3.05, 3.63) is 0 Å². The summed E-state index contributed by atoms with van der Waals surface area (Å²) in [6.45, 7) is 7.38. The molecule has 0 aliphatic heterocycles. The van der Waals surface area contributed by atoms with Crippen molar-refractivity contribution < 1.29 is 4.79 Å². The molecule has 0 aromatic heterocycles. The summed E-state index contributed by atoms with van der Waals surface area (Å²) in [4.78, 5) is 14.1. The summed E-state index contributed by atoms with van der Waals surface area (Å²) in [5.41, 5.74) is 5.30. The average Bonchev–Trinajstić information content (AvgIpc) is 2.96. The zero-order valence-corrected chi connectivity index (χ0v) is 9.55. The van der Waals surface area contributed by atoms with Crippen molar-refractivity contribution in [2.45, 2.75) is 46.1 Å². The van der Waals surface area contributed by atoms with Crippen molar-refractivity contribution in [1.29, 1.82) is 0 Å². The zero-order chi connectivity index (χ0) is 10.8. The highest BCUT2D eigenvalue weighted by atomic mass is 16.2. The Kier molecular flexibility index (Phi) is 3.53. The number of amides is 1. The molecule has 1 saturated carbocycles. The summed E-state index contributed by atoms with van der Waals surface area (Å²) in [7, 11) is 0. The van der Waals surface area contributed by atoms with Crippen LogP contribution in [0.1, 0.15) is 40.0 Å². The second kappa shape index (κ2) is 4.30. The fraction of sp³-hybridized carbons (Fsp3) is 0.909. The number of nitrogens with zero attached hydrogens (tertiary/aromatic N) is 1. The van der Waals surface area contributed by atoms with E-state index in [0.717, 1.165) is 19.3 Å². The van der Waals surface area contributed by atoms with Gasteiger partial charge in [-0.2, -0.15) is 0 Å². The lowest BCUT2D eigenvalue weighted by Gasteiger charge is -2.31. The Hall–Kier alpha value is -0.570. The van der Waals surface area contributed by atoms with Crippen LogP contribution in [0, 0.1) is 5.41 Å². The van der Waals surface area contributed by atoms with Gasteiger partial charge in [-0.1, -0.05) is 20.8 Å². The molecule has 0 aromatic carbocycles. The van der Waals surface area contributed by atoms with Gasteiger partial charge >= 0.3 is 0 Å². The van der Waals surface area contributed by atoms with Crippen molar-refractivity contribution in [2.75, 3.05) is 13.1 Å². The molecule has 0 atom stereocenters. The van der Waals surface area contributed by atoms with Gasteiger partial charge in [-0.15, -0.1) is 0 Å². The summed E-state index contributed by atoms with van der Waals surface area (Å²) in [6.07, 6.45) is 3.21. The lowest BCUT2D eigenvalue weighted by Crippen LogP contribution is -2.44. The van der Waals surface area contributed by atoms with Gasteiger partial charge in [0.25, 0.3) is 0 Å². The summed E-state index contributed by atoms with van der Waals surface area (Å²) in [5, 5.41) is 0. The molecule has 14 heavy (non-hydrogen) atoms. The van der Waals surface area contributed by atoms with E-state index >= 15 is 0 Å². The molecule has 1 aliphatic carbocycles. The summed E-state index contributed by atoms with van der Waals surface area (Å²) < 4.78 is 0. The first kappa shape index (κ1) is 11.5. The Morgan fingerprint density at radius 1 is 1.50 bits per heavy atom. The van der Waals surface area contributed by atoms with Crippen LogP contribution in [0.3, 0.4) is 0 Å². The highest BCUT2D eigenvalue weighted by Crippen LogP contribution is 2.32. The Morgan fingerprint density at radius 2 is 2.07 bits per heavy atom. The Labute approximate surface area is 86.6 Å². The van der Waals surface area contributed by atoms with Crippen molar-refractivity contribution >= 4 is 5.91 Å². The van der Waals surface area contributed by atoms with Crippen molar-refractivity contribution in [2.24, 2.45) is 11.1 Å². The molecule has 1 fully saturated rings. The molecular formula is C11H22N2O. The van der Waals surface area contributed by atoms with Crippen LogP contribution in [-0.4, -0.2) is 29.9 Å². The van der Waals surface area contributed by atoms with Crippen LogP contribution in [0.4, 0.5) is 0 Å². The normalized spacial score (nSPS) is 16.9.